The number of amides is 2. The van der Waals surface area contributed by atoms with E-state index < -0.39 is 6.03 Å². The number of hydrogen-bond acceptors (Lipinski definition) is 2. The number of urea groups is 1. The summed E-state index contributed by atoms with van der Waals surface area (Å²) >= 11 is 0. The minimum Gasteiger partial charge on any atom is -0.466 e. The molecule has 0 radical (unpaired) electrons. The fourth-order valence-corrected chi connectivity index (χ4v) is 1.19. The molecule has 0 saturated heterocycles. The van der Waals surface area contributed by atoms with Crippen LogP contribution in [0.1, 0.15) is 25.4 Å². The van der Waals surface area contributed by atoms with Crippen molar-refractivity contribution < 1.29 is 9.21 Å². The Labute approximate surface area is 83.5 Å². The molecule has 4 nitrogen and oxygen atoms in total. The van der Waals surface area contributed by atoms with Crippen LogP contribution in [0.15, 0.2) is 16.5 Å². The molecule has 78 valence electrons. The van der Waals surface area contributed by atoms with E-state index in [1.807, 2.05) is 32.9 Å². The highest BCUT2D eigenvalue weighted by atomic mass is 16.3. The van der Waals surface area contributed by atoms with Crippen molar-refractivity contribution in [3.63, 3.8) is 0 Å². The van der Waals surface area contributed by atoms with Gasteiger partial charge in [0.25, 0.3) is 0 Å². The van der Waals surface area contributed by atoms with Gasteiger partial charge in [0, 0.05) is 12.0 Å². The number of primary amides is 1. The van der Waals surface area contributed by atoms with Crippen LogP contribution in [0.25, 0.3) is 0 Å². The quantitative estimate of drug-likeness (QED) is 0.769. The van der Waals surface area contributed by atoms with Gasteiger partial charge in [-0.1, -0.05) is 13.8 Å². The van der Waals surface area contributed by atoms with Crippen molar-refractivity contribution in [1.82, 2.24) is 5.32 Å². The summed E-state index contributed by atoms with van der Waals surface area (Å²) in [6, 6.07) is 3.31. The number of carbonyl (C=O) groups is 1. The predicted molar refractivity (Wildman–Crippen MR) is 54.1 cm³/mol. The number of nitrogens with two attached hydrogens (primary N) is 1. The summed E-state index contributed by atoms with van der Waals surface area (Å²) in [7, 11) is 0. The summed E-state index contributed by atoms with van der Waals surface area (Å²) in [6.07, 6.45) is 0. The lowest BCUT2D eigenvalue weighted by Gasteiger charge is -2.21. The van der Waals surface area contributed by atoms with Gasteiger partial charge in [0.15, 0.2) is 0 Å². The molecule has 4 heteroatoms. The maximum Gasteiger partial charge on any atom is 0.312 e. The Bertz CT molecular complexity index is 329. The molecule has 0 aromatic carbocycles. The fourth-order valence-electron chi connectivity index (χ4n) is 1.19. The van der Waals surface area contributed by atoms with Gasteiger partial charge >= 0.3 is 6.03 Å². The average Bonchev–Trinajstić information content (AvgIpc) is 2.49. The number of rotatable bonds is 3. The van der Waals surface area contributed by atoms with Gasteiger partial charge in [-0.05, 0) is 19.1 Å². The molecule has 1 aromatic heterocycles. The lowest BCUT2D eigenvalue weighted by Crippen LogP contribution is -2.39. The van der Waals surface area contributed by atoms with E-state index in [9.17, 15) is 4.79 Å². The van der Waals surface area contributed by atoms with E-state index in [-0.39, 0.29) is 5.41 Å². The van der Waals surface area contributed by atoms with Gasteiger partial charge in [-0.2, -0.15) is 0 Å². The van der Waals surface area contributed by atoms with Crippen molar-refractivity contribution in [2.45, 2.75) is 26.2 Å². The molecule has 14 heavy (non-hydrogen) atoms. The predicted octanol–water partition coefficient (Wildman–Crippen LogP) is 1.53. The maximum absolute atomic E-state index is 10.6. The van der Waals surface area contributed by atoms with E-state index >= 15 is 0 Å². The van der Waals surface area contributed by atoms with E-state index in [0.29, 0.717) is 6.54 Å². The molecule has 0 aliphatic carbocycles. The van der Waals surface area contributed by atoms with Gasteiger partial charge in [-0.25, -0.2) is 4.79 Å². The van der Waals surface area contributed by atoms with Crippen molar-refractivity contribution in [2.75, 3.05) is 6.54 Å². The minimum absolute atomic E-state index is 0.233. The summed E-state index contributed by atoms with van der Waals surface area (Å²) in [4.78, 5) is 10.6. The number of aryl methyl sites for hydroxylation is 1. The first kappa shape index (κ1) is 10.6. The van der Waals surface area contributed by atoms with Crippen molar-refractivity contribution in [3.8, 4) is 0 Å². The molecule has 0 atom stereocenters. The highest BCUT2D eigenvalue weighted by Gasteiger charge is 2.24. The van der Waals surface area contributed by atoms with Crippen LogP contribution in [0.4, 0.5) is 4.79 Å². The lowest BCUT2D eigenvalue weighted by atomic mass is 9.90. The van der Waals surface area contributed by atoms with E-state index in [1.54, 1.807) is 0 Å². The molecule has 0 unspecified atom stereocenters. The standard InChI is InChI=1S/C10H16N2O2/c1-7-4-5-8(14-7)10(2,3)6-12-9(11)13/h4-5H,6H2,1-3H3,(H3,11,12,13). The molecular formula is C10H16N2O2. The molecule has 2 amide bonds. The third kappa shape index (κ3) is 2.52. The summed E-state index contributed by atoms with van der Waals surface area (Å²) in [5, 5.41) is 2.57. The normalized spacial score (nSPS) is 11.4. The molecule has 3 N–H and O–H groups in total. The zero-order chi connectivity index (χ0) is 10.8. The average molecular weight is 196 g/mol. The minimum atomic E-state index is -0.513. The summed E-state index contributed by atoms with van der Waals surface area (Å²) < 4.78 is 5.49. The second kappa shape index (κ2) is 3.74. The Morgan fingerprint density at radius 1 is 1.57 bits per heavy atom. The zero-order valence-corrected chi connectivity index (χ0v) is 8.76. The fraction of sp³-hybridized carbons (Fsp3) is 0.500. The first-order valence-electron chi connectivity index (χ1n) is 4.52. The molecule has 0 aliphatic heterocycles. The highest BCUT2D eigenvalue weighted by molar-refractivity contribution is 5.71. The first-order valence-corrected chi connectivity index (χ1v) is 4.52. The van der Waals surface area contributed by atoms with E-state index in [1.165, 1.54) is 0 Å². The molecule has 1 rings (SSSR count). The smallest absolute Gasteiger partial charge is 0.312 e. The van der Waals surface area contributed by atoms with Crippen LogP contribution < -0.4 is 11.1 Å². The summed E-state index contributed by atoms with van der Waals surface area (Å²) in [5.74, 6) is 1.72. The Morgan fingerprint density at radius 3 is 2.64 bits per heavy atom. The number of hydrogen-bond donors (Lipinski definition) is 2. The molecule has 1 aromatic rings. The summed E-state index contributed by atoms with van der Waals surface area (Å²) in [5.41, 5.74) is 4.77. The third-order valence-corrected chi connectivity index (χ3v) is 2.11. The van der Waals surface area contributed by atoms with E-state index in [0.717, 1.165) is 11.5 Å². The number of nitrogens with one attached hydrogen (secondary N) is 1. The molecule has 0 aliphatic rings. The second-order valence-electron chi connectivity index (χ2n) is 4.01. The second-order valence-corrected chi connectivity index (χ2v) is 4.01. The lowest BCUT2D eigenvalue weighted by molar-refractivity contribution is 0.245. The van der Waals surface area contributed by atoms with Crippen molar-refractivity contribution in [2.24, 2.45) is 5.73 Å². The van der Waals surface area contributed by atoms with Gasteiger partial charge in [0.2, 0.25) is 0 Å². The van der Waals surface area contributed by atoms with Crippen LogP contribution in [0.3, 0.4) is 0 Å². The molecule has 0 fully saturated rings. The topological polar surface area (TPSA) is 68.3 Å². The Hall–Kier alpha value is -1.45. The van der Waals surface area contributed by atoms with Crippen LogP contribution in [0.2, 0.25) is 0 Å². The Balaban J connectivity index is 2.69. The molecule has 0 spiro atoms. The van der Waals surface area contributed by atoms with Crippen molar-refractivity contribution in [1.29, 1.82) is 0 Å². The largest absolute Gasteiger partial charge is 0.466 e. The molecule has 0 bridgehead atoms. The van der Waals surface area contributed by atoms with Gasteiger partial charge in [0.1, 0.15) is 11.5 Å². The van der Waals surface area contributed by atoms with Gasteiger partial charge in [-0.3, -0.25) is 0 Å². The number of furan rings is 1. The van der Waals surface area contributed by atoms with Crippen molar-refractivity contribution >= 4 is 6.03 Å². The molecule has 0 saturated carbocycles. The van der Waals surface area contributed by atoms with Crippen LogP contribution in [0, 0.1) is 6.92 Å². The van der Waals surface area contributed by atoms with Crippen LogP contribution in [-0.2, 0) is 5.41 Å². The molecular weight excluding hydrogens is 180 g/mol. The monoisotopic (exact) mass is 196 g/mol. The van der Waals surface area contributed by atoms with E-state index in [4.69, 9.17) is 10.2 Å². The van der Waals surface area contributed by atoms with Crippen LogP contribution in [-0.4, -0.2) is 12.6 Å². The SMILES string of the molecule is Cc1ccc(C(C)(C)CNC(N)=O)o1. The maximum atomic E-state index is 10.6. The zero-order valence-electron chi connectivity index (χ0n) is 8.76. The third-order valence-electron chi connectivity index (χ3n) is 2.11. The first-order chi connectivity index (χ1) is 6.42. The van der Waals surface area contributed by atoms with Gasteiger partial charge in [0.05, 0.1) is 0 Å². The van der Waals surface area contributed by atoms with E-state index in [2.05, 4.69) is 5.32 Å². The number of carbonyl (C=O) groups excluding carboxylic acids is 1. The highest BCUT2D eigenvalue weighted by Crippen LogP contribution is 2.24. The van der Waals surface area contributed by atoms with Crippen molar-refractivity contribution in [3.05, 3.63) is 23.7 Å². The molecule has 1 heterocycles. The van der Waals surface area contributed by atoms with Gasteiger partial charge < -0.3 is 15.5 Å². The van der Waals surface area contributed by atoms with Gasteiger partial charge in [-0.15, -0.1) is 0 Å². The van der Waals surface area contributed by atoms with Crippen LogP contribution in [0.5, 0.6) is 0 Å². The summed E-state index contributed by atoms with van der Waals surface area (Å²) in [6.45, 7) is 6.33. The Kier molecular flexibility index (Phi) is 2.84. The van der Waals surface area contributed by atoms with Crippen LogP contribution >= 0.6 is 0 Å². The Morgan fingerprint density at radius 2 is 2.21 bits per heavy atom.